The number of amides is 2. The highest BCUT2D eigenvalue weighted by atomic mass is 32.1. The van der Waals surface area contributed by atoms with Gasteiger partial charge in [-0.2, -0.15) is 0 Å². The average molecular weight is 446 g/mol. The van der Waals surface area contributed by atoms with Gasteiger partial charge in [0.2, 0.25) is 11.8 Å². The van der Waals surface area contributed by atoms with Crippen LogP contribution in [0.25, 0.3) is 17.5 Å². The number of benzene rings is 2. The van der Waals surface area contributed by atoms with Crippen molar-refractivity contribution in [2.24, 2.45) is 7.05 Å². The number of aryl methyl sites for hydroxylation is 1. The fourth-order valence-corrected chi connectivity index (χ4v) is 3.87. The van der Waals surface area contributed by atoms with Gasteiger partial charge in [0.1, 0.15) is 0 Å². The van der Waals surface area contributed by atoms with Crippen LogP contribution in [-0.2, 0) is 16.6 Å². The number of carbonyl (C=O) groups is 2. The lowest BCUT2D eigenvalue weighted by Gasteiger charge is -2.17. The zero-order chi connectivity index (χ0) is 22.5. The Kier molecular flexibility index (Phi) is 6.13. The van der Waals surface area contributed by atoms with Crippen molar-refractivity contribution in [1.82, 2.24) is 25.2 Å². The van der Waals surface area contributed by atoms with Gasteiger partial charge in [-0.1, -0.05) is 30.3 Å². The summed E-state index contributed by atoms with van der Waals surface area (Å²) in [6.45, 7) is 1.49. The molecule has 2 aromatic heterocycles. The number of anilines is 3. The highest BCUT2D eigenvalue weighted by molar-refractivity contribution is 7.14. The molecule has 1 N–H and O–H groups in total. The fourth-order valence-electron chi connectivity index (χ4n) is 3.01. The molecule has 2 heterocycles. The number of thiazole rings is 1. The van der Waals surface area contributed by atoms with Crippen LogP contribution in [0, 0.1) is 0 Å². The van der Waals surface area contributed by atoms with E-state index in [-0.39, 0.29) is 11.8 Å². The lowest BCUT2D eigenvalue weighted by Crippen LogP contribution is -2.22. The maximum absolute atomic E-state index is 12.4. The van der Waals surface area contributed by atoms with Crippen LogP contribution in [0.2, 0.25) is 0 Å². The number of hydrogen-bond acceptors (Lipinski definition) is 7. The molecule has 0 radical (unpaired) electrons. The molecule has 10 heteroatoms. The molecular formula is C22H19N7O2S. The largest absolute Gasteiger partial charge is 0.322 e. The molecule has 0 aliphatic rings. The zero-order valence-corrected chi connectivity index (χ0v) is 18.2. The number of nitrogens with zero attached hydrogens (tertiary/aromatic N) is 6. The van der Waals surface area contributed by atoms with Gasteiger partial charge in [0, 0.05) is 36.7 Å². The number of carbonyl (C=O) groups excluding carboxylic acids is 2. The molecule has 0 saturated carbocycles. The summed E-state index contributed by atoms with van der Waals surface area (Å²) in [6, 6.07) is 16.6. The van der Waals surface area contributed by atoms with E-state index in [0.29, 0.717) is 22.3 Å². The molecule has 32 heavy (non-hydrogen) atoms. The number of nitrogens with one attached hydrogen (secondary N) is 1. The molecule has 9 nitrogen and oxygen atoms in total. The summed E-state index contributed by atoms with van der Waals surface area (Å²) in [7, 11) is 1.75. The third-order valence-electron chi connectivity index (χ3n) is 4.44. The van der Waals surface area contributed by atoms with Crippen molar-refractivity contribution in [3.63, 3.8) is 0 Å². The Morgan fingerprint density at radius 3 is 2.66 bits per heavy atom. The predicted molar refractivity (Wildman–Crippen MR) is 123 cm³/mol. The molecule has 0 bridgehead atoms. The van der Waals surface area contributed by atoms with Crippen LogP contribution in [-0.4, -0.2) is 37.0 Å². The van der Waals surface area contributed by atoms with Crippen molar-refractivity contribution < 1.29 is 9.59 Å². The molecule has 160 valence electrons. The molecule has 2 amide bonds. The van der Waals surface area contributed by atoms with Crippen molar-refractivity contribution >= 4 is 45.7 Å². The summed E-state index contributed by atoms with van der Waals surface area (Å²) in [5.74, 6) is 0.149. The minimum Gasteiger partial charge on any atom is -0.322 e. The molecule has 4 rings (SSSR count). The van der Waals surface area contributed by atoms with Crippen molar-refractivity contribution in [1.29, 1.82) is 0 Å². The van der Waals surface area contributed by atoms with Crippen LogP contribution in [0.4, 0.5) is 16.5 Å². The monoisotopic (exact) mass is 445 g/mol. The second-order valence-electron chi connectivity index (χ2n) is 6.77. The molecule has 0 atom stereocenters. The first-order valence-corrected chi connectivity index (χ1v) is 10.5. The fraction of sp³-hybridized carbons (Fsp3) is 0.0909. The lowest BCUT2D eigenvalue weighted by atomic mass is 10.2. The van der Waals surface area contributed by atoms with E-state index in [2.05, 4.69) is 25.8 Å². The number of aromatic nitrogens is 5. The zero-order valence-electron chi connectivity index (χ0n) is 17.3. The van der Waals surface area contributed by atoms with Gasteiger partial charge < -0.3 is 5.32 Å². The van der Waals surface area contributed by atoms with Gasteiger partial charge >= 0.3 is 0 Å². The molecule has 0 spiro atoms. The van der Waals surface area contributed by atoms with E-state index in [1.807, 2.05) is 42.5 Å². The smallest absolute Gasteiger partial charge is 0.248 e. The Labute approximate surface area is 188 Å². The van der Waals surface area contributed by atoms with Gasteiger partial charge in [-0.05, 0) is 40.8 Å². The van der Waals surface area contributed by atoms with Crippen molar-refractivity contribution in [2.75, 3.05) is 10.2 Å². The van der Waals surface area contributed by atoms with Crippen LogP contribution in [0.3, 0.4) is 0 Å². The molecule has 0 fully saturated rings. The number of hydrogen-bond donors (Lipinski definition) is 1. The summed E-state index contributed by atoms with van der Waals surface area (Å²) in [5.41, 5.74) is 2.72. The first-order chi connectivity index (χ1) is 15.5. The van der Waals surface area contributed by atoms with Crippen molar-refractivity contribution in [3.05, 3.63) is 71.7 Å². The second kappa shape index (κ2) is 9.31. The van der Waals surface area contributed by atoms with Crippen molar-refractivity contribution in [2.45, 2.75) is 6.92 Å². The van der Waals surface area contributed by atoms with E-state index < -0.39 is 0 Å². The van der Waals surface area contributed by atoms with Gasteiger partial charge in [0.25, 0.3) is 0 Å². The van der Waals surface area contributed by atoms with Crippen LogP contribution < -0.4 is 10.2 Å². The quantitative estimate of drug-likeness (QED) is 0.454. The molecule has 0 aliphatic carbocycles. The Hall–Kier alpha value is -4.18. The van der Waals surface area contributed by atoms with Crippen LogP contribution >= 0.6 is 11.3 Å². The maximum Gasteiger partial charge on any atom is 0.248 e. The van der Waals surface area contributed by atoms with Crippen LogP contribution in [0.1, 0.15) is 12.6 Å². The summed E-state index contributed by atoms with van der Waals surface area (Å²) in [4.78, 5) is 30.6. The summed E-state index contributed by atoms with van der Waals surface area (Å²) < 4.78 is 1.56. The van der Waals surface area contributed by atoms with E-state index in [4.69, 9.17) is 0 Å². The Morgan fingerprint density at radius 2 is 1.94 bits per heavy atom. The third-order valence-corrected chi connectivity index (χ3v) is 5.29. The summed E-state index contributed by atoms with van der Waals surface area (Å²) in [5, 5.41) is 16.6. The number of rotatable bonds is 6. The molecule has 2 aromatic carbocycles. The lowest BCUT2D eigenvalue weighted by molar-refractivity contribution is -0.116. The Balaban J connectivity index is 1.45. The van der Waals surface area contributed by atoms with Crippen LogP contribution in [0.5, 0.6) is 0 Å². The molecule has 0 aliphatic heterocycles. The first kappa shape index (κ1) is 21.1. The van der Waals surface area contributed by atoms with E-state index in [9.17, 15) is 9.59 Å². The van der Waals surface area contributed by atoms with E-state index in [1.54, 1.807) is 35.3 Å². The minimum atomic E-state index is -0.306. The highest BCUT2D eigenvalue weighted by Gasteiger charge is 2.17. The predicted octanol–water partition coefficient (Wildman–Crippen LogP) is 3.67. The van der Waals surface area contributed by atoms with Gasteiger partial charge in [-0.15, -0.1) is 16.4 Å². The van der Waals surface area contributed by atoms with E-state index in [0.717, 1.165) is 11.3 Å². The van der Waals surface area contributed by atoms with Crippen molar-refractivity contribution in [3.8, 4) is 11.4 Å². The van der Waals surface area contributed by atoms with Gasteiger partial charge in [-0.25, -0.2) is 9.67 Å². The Morgan fingerprint density at radius 1 is 1.12 bits per heavy atom. The SMILES string of the molecule is CC(=O)N(c1ccccc1)c1nc(/C=C/C(=O)Nc2cccc(-c3nnnn3C)c2)cs1. The first-order valence-electron chi connectivity index (χ1n) is 9.64. The Bertz CT molecular complexity index is 1280. The van der Waals surface area contributed by atoms with Gasteiger partial charge in [0.15, 0.2) is 11.0 Å². The molecule has 0 saturated heterocycles. The van der Waals surface area contributed by atoms with Gasteiger partial charge in [0.05, 0.1) is 11.4 Å². The average Bonchev–Trinajstić information content (AvgIpc) is 3.42. The normalized spacial score (nSPS) is 10.9. The van der Waals surface area contributed by atoms with E-state index >= 15 is 0 Å². The molecule has 4 aromatic rings. The molecular weight excluding hydrogens is 426 g/mol. The number of tetrazole rings is 1. The highest BCUT2D eigenvalue weighted by Crippen LogP contribution is 2.29. The standard InChI is InChI=1S/C22H19N7O2S/c1-15(30)29(19-9-4-3-5-10-19)22-24-18(14-32-22)11-12-20(31)23-17-8-6-7-16(13-17)21-25-26-27-28(21)2/h3-14H,1-2H3,(H,23,31)/b12-11+. The van der Waals surface area contributed by atoms with Crippen LogP contribution in [0.15, 0.2) is 66.1 Å². The summed E-state index contributed by atoms with van der Waals surface area (Å²) >= 11 is 1.33. The number of para-hydroxylation sites is 1. The van der Waals surface area contributed by atoms with Gasteiger partial charge in [-0.3, -0.25) is 14.5 Å². The molecule has 0 unspecified atom stereocenters. The maximum atomic E-state index is 12.4. The minimum absolute atomic E-state index is 0.142. The van der Waals surface area contributed by atoms with E-state index in [1.165, 1.54) is 29.2 Å². The second-order valence-corrected chi connectivity index (χ2v) is 7.61. The third kappa shape index (κ3) is 4.76. The summed E-state index contributed by atoms with van der Waals surface area (Å²) in [6.07, 6.45) is 3.01. The topological polar surface area (TPSA) is 106 Å².